The van der Waals surface area contributed by atoms with Crippen LogP contribution < -0.4 is 5.32 Å². The first-order chi connectivity index (χ1) is 9.51. The van der Waals surface area contributed by atoms with Gasteiger partial charge in [0.15, 0.2) is 0 Å². The maximum atomic E-state index is 13.7. The molecule has 1 aromatic heterocycles. The number of hydrogen-bond donors (Lipinski definition) is 2. The zero-order valence-electron chi connectivity index (χ0n) is 11.4. The predicted molar refractivity (Wildman–Crippen MR) is 77.5 cm³/mol. The predicted octanol–water partition coefficient (Wildman–Crippen LogP) is 3.37. The molecule has 3 rings (SSSR count). The van der Waals surface area contributed by atoms with Gasteiger partial charge in [-0.2, -0.15) is 0 Å². The van der Waals surface area contributed by atoms with Crippen LogP contribution in [0.2, 0.25) is 0 Å². The lowest BCUT2D eigenvalue weighted by Crippen LogP contribution is -2.29. The molecule has 2 N–H and O–H groups in total. The van der Waals surface area contributed by atoms with E-state index in [1.165, 1.54) is 12.1 Å². The molecule has 104 valence electrons. The van der Waals surface area contributed by atoms with Crippen LogP contribution >= 0.6 is 0 Å². The van der Waals surface area contributed by atoms with E-state index >= 15 is 0 Å². The summed E-state index contributed by atoms with van der Waals surface area (Å²) in [7, 11) is 0. The Morgan fingerprint density at radius 2 is 2.25 bits per heavy atom. The molecule has 0 spiro atoms. The van der Waals surface area contributed by atoms with E-state index < -0.39 is 0 Å². The Morgan fingerprint density at radius 1 is 1.50 bits per heavy atom. The number of carbonyl (C=O) groups excluding carboxylic acids is 1. The van der Waals surface area contributed by atoms with E-state index in [0.29, 0.717) is 12.1 Å². The average molecular weight is 272 g/mol. The van der Waals surface area contributed by atoms with E-state index in [9.17, 15) is 9.18 Å². The number of aromatic nitrogens is 1. The molecular formula is C16H17FN2O. The zero-order valence-corrected chi connectivity index (χ0v) is 11.4. The highest BCUT2D eigenvalue weighted by atomic mass is 19.1. The van der Waals surface area contributed by atoms with Gasteiger partial charge in [-0.15, -0.1) is 0 Å². The molecule has 1 heterocycles. The van der Waals surface area contributed by atoms with Crippen molar-refractivity contribution in [3.63, 3.8) is 0 Å². The number of fused-ring (bicyclic) bond motifs is 1. The van der Waals surface area contributed by atoms with Crippen LogP contribution in [0.15, 0.2) is 24.8 Å². The number of amides is 1. The number of halogens is 1. The van der Waals surface area contributed by atoms with Gasteiger partial charge in [0.2, 0.25) is 5.91 Å². The normalized spacial score (nSPS) is 16.1. The standard InChI is InChI=1S/C16H17FN2O/c1-3-10-8-14-11(7-13(10)17)6-12(19-14)9-18-15(20)16(2)4-5-16/h3,6-8,19H,1,4-5,9H2,2H3,(H,18,20). The second-order valence-electron chi connectivity index (χ2n) is 5.70. The summed E-state index contributed by atoms with van der Waals surface area (Å²) in [5.74, 6) is -0.193. The Kier molecular flexibility index (Phi) is 2.89. The fourth-order valence-corrected chi connectivity index (χ4v) is 2.28. The van der Waals surface area contributed by atoms with Crippen molar-refractivity contribution in [1.29, 1.82) is 0 Å². The van der Waals surface area contributed by atoms with Gasteiger partial charge in [-0.25, -0.2) is 4.39 Å². The number of aromatic amines is 1. The van der Waals surface area contributed by atoms with Gasteiger partial charge in [-0.3, -0.25) is 4.79 Å². The first kappa shape index (κ1) is 12.9. The summed E-state index contributed by atoms with van der Waals surface area (Å²) in [5, 5.41) is 3.72. The van der Waals surface area contributed by atoms with Gasteiger partial charge in [-0.05, 0) is 31.0 Å². The van der Waals surface area contributed by atoms with Crippen molar-refractivity contribution in [2.24, 2.45) is 5.41 Å². The number of rotatable bonds is 4. The molecule has 0 saturated heterocycles. The summed E-state index contributed by atoms with van der Waals surface area (Å²) in [6.45, 7) is 6.00. The van der Waals surface area contributed by atoms with Gasteiger partial charge in [0.25, 0.3) is 0 Å². The van der Waals surface area contributed by atoms with Crippen molar-refractivity contribution in [2.75, 3.05) is 0 Å². The van der Waals surface area contributed by atoms with Crippen molar-refractivity contribution in [3.05, 3.63) is 41.9 Å². The molecule has 1 aliphatic carbocycles. The summed E-state index contributed by atoms with van der Waals surface area (Å²) < 4.78 is 13.7. The third kappa shape index (κ3) is 2.22. The third-order valence-corrected chi connectivity index (χ3v) is 4.00. The molecular weight excluding hydrogens is 255 g/mol. The summed E-state index contributed by atoms with van der Waals surface area (Å²) >= 11 is 0. The van der Waals surface area contributed by atoms with Gasteiger partial charge in [0.05, 0.1) is 6.54 Å². The highest BCUT2D eigenvalue weighted by Crippen LogP contribution is 2.45. The first-order valence-electron chi connectivity index (χ1n) is 6.74. The van der Waals surface area contributed by atoms with Crippen LogP contribution in [0.4, 0.5) is 4.39 Å². The van der Waals surface area contributed by atoms with Gasteiger partial charge < -0.3 is 10.3 Å². The SMILES string of the molecule is C=Cc1cc2[nH]c(CNC(=O)C3(C)CC3)cc2cc1F. The minimum absolute atomic E-state index is 0.0918. The lowest BCUT2D eigenvalue weighted by atomic mass is 10.1. The average Bonchev–Trinajstić information content (AvgIpc) is 3.05. The fraction of sp³-hybridized carbons (Fsp3) is 0.312. The number of H-pyrrole nitrogens is 1. The Morgan fingerprint density at radius 3 is 2.90 bits per heavy atom. The van der Waals surface area contributed by atoms with Crippen LogP contribution in [0, 0.1) is 11.2 Å². The Labute approximate surface area is 116 Å². The van der Waals surface area contributed by atoms with Gasteiger partial charge >= 0.3 is 0 Å². The zero-order chi connectivity index (χ0) is 14.3. The van der Waals surface area contributed by atoms with Crippen LogP contribution in [0.25, 0.3) is 17.0 Å². The smallest absolute Gasteiger partial charge is 0.226 e. The molecule has 20 heavy (non-hydrogen) atoms. The minimum Gasteiger partial charge on any atom is -0.357 e. The van der Waals surface area contributed by atoms with Gasteiger partial charge in [0, 0.05) is 27.6 Å². The number of nitrogens with one attached hydrogen (secondary N) is 2. The maximum absolute atomic E-state index is 13.7. The van der Waals surface area contributed by atoms with Crippen molar-refractivity contribution >= 4 is 22.9 Å². The Bertz CT molecular complexity index is 698. The highest BCUT2D eigenvalue weighted by molar-refractivity contribution is 5.85. The van der Waals surface area contributed by atoms with Crippen LogP contribution in [-0.2, 0) is 11.3 Å². The Hall–Kier alpha value is -2.10. The molecule has 3 nitrogen and oxygen atoms in total. The topological polar surface area (TPSA) is 44.9 Å². The number of carbonyl (C=O) groups is 1. The van der Waals surface area contributed by atoms with Crippen LogP contribution in [0.1, 0.15) is 31.0 Å². The molecule has 0 aliphatic heterocycles. The summed E-state index contributed by atoms with van der Waals surface area (Å²) in [5.41, 5.74) is 2.02. The van der Waals surface area contributed by atoms with Crippen molar-refractivity contribution < 1.29 is 9.18 Å². The minimum atomic E-state index is -0.285. The van der Waals surface area contributed by atoms with Crippen LogP contribution in [0.5, 0.6) is 0 Å². The van der Waals surface area contributed by atoms with Crippen LogP contribution in [-0.4, -0.2) is 10.9 Å². The van der Waals surface area contributed by atoms with Crippen molar-refractivity contribution in [3.8, 4) is 0 Å². The molecule has 1 aromatic carbocycles. The molecule has 1 amide bonds. The summed E-state index contributed by atoms with van der Waals surface area (Å²) in [6.07, 6.45) is 3.41. The number of benzene rings is 1. The highest BCUT2D eigenvalue weighted by Gasteiger charge is 2.44. The molecule has 0 radical (unpaired) electrons. The Balaban J connectivity index is 1.79. The van der Waals surface area contributed by atoms with Gasteiger partial charge in [0.1, 0.15) is 5.82 Å². The molecule has 1 fully saturated rings. The monoisotopic (exact) mass is 272 g/mol. The van der Waals surface area contributed by atoms with Gasteiger partial charge in [-0.1, -0.05) is 19.6 Å². The van der Waals surface area contributed by atoms with E-state index in [-0.39, 0.29) is 17.1 Å². The second kappa shape index (κ2) is 4.47. The first-order valence-corrected chi connectivity index (χ1v) is 6.74. The van der Waals surface area contributed by atoms with E-state index in [2.05, 4.69) is 16.9 Å². The van der Waals surface area contributed by atoms with Crippen LogP contribution in [0.3, 0.4) is 0 Å². The number of hydrogen-bond acceptors (Lipinski definition) is 1. The molecule has 4 heteroatoms. The molecule has 1 aliphatic rings. The van der Waals surface area contributed by atoms with E-state index in [1.807, 2.05) is 13.0 Å². The van der Waals surface area contributed by atoms with Crippen molar-refractivity contribution in [2.45, 2.75) is 26.3 Å². The molecule has 2 aromatic rings. The quantitative estimate of drug-likeness (QED) is 0.880. The maximum Gasteiger partial charge on any atom is 0.226 e. The molecule has 0 bridgehead atoms. The lowest BCUT2D eigenvalue weighted by Gasteiger charge is -2.08. The van der Waals surface area contributed by atoms with E-state index in [1.54, 1.807) is 6.07 Å². The third-order valence-electron chi connectivity index (χ3n) is 4.00. The molecule has 1 saturated carbocycles. The summed E-state index contributed by atoms with van der Waals surface area (Å²) in [6, 6.07) is 5.07. The second-order valence-corrected chi connectivity index (χ2v) is 5.70. The van der Waals surface area contributed by atoms with Crippen molar-refractivity contribution in [1.82, 2.24) is 10.3 Å². The largest absolute Gasteiger partial charge is 0.357 e. The lowest BCUT2D eigenvalue weighted by molar-refractivity contribution is -0.125. The fourth-order valence-electron chi connectivity index (χ4n) is 2.28. The molecule has 0 unspecified atom stereocenters. The van der Waals surface area contributed by atoms with E-state index in [4.69, 9.17) is 0 Å². The van der Waals surface area contributed by atoms with E-state index in [0.717, 1.165) is 29.4 Å². The molecule has 0 atom stereocenters. The summed E-state index contributed by atoms with van der Waals surface area (Å²) in [4.78, 5) is 15.1.